The van der Waals surface area contributed by atoms with Gasteiger partial charge in [0.05, 0.1) is 16.4 Å². The Labute approximate surface area is 112 Å². The van der Waals surface area contributed by atoms with Crippen LogP contribution < -0.4 is 0 Å². The van der Waals surface area contributed by atoms with Crippen LogP contribution in [-0.2, 0) is 6.42 Å². The van der Waals surface area contributed by atoms with Crippen molar-refractivity contribution in [3.05, 3.63) is 33.9 Å². The molecule has 0 spiro atoms. The van der Waals surface area contributed by atoms with E-state index in [1.54, 1.807) is 17.6 Å². The topological polar surface area (TPSA) is 38.9 Å². The van der Waals surface area contributed by atoms with Gasteiger partial charge in [-0.25, -0.2) is 9.97 Å². The van der Waals surface area contributed by atoms with Crippen LogP contribution in [0.15, 0.2) is 16.1 Å². The van der Waals surface area contributed by atoms with E-state index < -0.39 is 0 Å². The van der Waals surface area contributed by atoms with E-state index in [4.69, 9.17) is 4.42 Å². The average molecular weight is 264 g/mol. The molecule has 0 fully saturated rings. The molecule has 2 aromatic rings. The number of rotatable bonds is 5. The van der Waals surface area contributed by atoms with Gasteiger partial charge in [-0.15, -0.1) is 11.3 Å². The zero-order chi connectivity index (χ0) is 13.1. The minimum absolute atomic E-state index is 0.432. The lowest BCUT2D eigenvalue weighted by Gasteiger charge is -2.06. The molecule has 18 heavy (non-hydrogen) atoms. The maximum atomic E-state index is 5.49. The number of hydrogen-bond donors (Lipinski definition) is 0. The SMILES string of the molecule is Cc1nc(C(C)CCc2nc(C(C)C)co2)cs1. The molecule has 0 bridgehead atoms. The van der Waals surface area contributed by atoms with E-state index in [0.29, 0.717) is 11.8 Å². The predicted molar refractivity (Wildman–Crippen MR) is 74.2 cm³/mol. The standard InChI is InChI=1S/C14H20N2OS/c1-9(2)12-7-17-14(16-12)6-5-10(3)13-8-18-11(4)15-13/h7-10H,5-6H2,1-4H3. The van der Waals surface area contributed by atoms with Gasteiger partial charge in [-0.05, 0) is 25.2 Å². The van der Waals surface area contributed by atoms with E-state index in [-0.39, 0.29) is 0 Å². The lowest BCUT2D eigenvalue weighted by Crippen LogP contribution is -1.98. The lowest BCUT2D eigenvalue weighted by atomic mass is 10.0. The summed E-state index contributed by atoms with van der Waals surface area (Å²) in [5.74, 6) is 1.74. The molecule has 0 aliphatic heterocycles. The van der Waals surface area contributed by atoms with Crippen LogP contribution in [0.3, 0.4) is 0 Å². The van der Waals surface area contributed by atoms with Crippen LogP contribution in [0, 0.1) is 6.92 Å². The van der Waals surface area contributed by atoms with E-state index in [2.05, 4.69) is 36.1 Å². The molecule has 1 unspecified atom stereocenters. The molecule has 0 amide bonds. The number of aromatic nitrogens is 2. The molecule has 0 aliphatic carbocycles. The number of oxazole rings is 1. The van der Waals surface area contributed by atoms with Crippen molar-refractivity contribution in [3.63, 3.8) is 0 Å². The molecule has 2 heterocycles. The monoisotopic (exact) mass is 264 g/mol. The summed E-state index contributed by atoms with van der Waals surface area (Å²) in [6.45, 7) is 8.51. The summed E-state index contributed by atoms with van der Waals surface area (Å²) in [4.78, 5) is 9.02. The van der Waals surface area contributed by atoms with E-state index >= 15 is 0 Å². The molecule has 4 heteroatoms. The molecule has 0 saturated heterocycles. The molecular formula is C14H20N2OS. The summed E-state index contributed by atoms with van der Waals surface area (Å²) in [5.41, 5.74) is 2.23. The maximum absolute atomic E-state index is 5.49. The fourth-order valence-electron chi connectivity index (χ4n) is 1.80. The second kappa shape index (κ2) is 5.65. The van der Waals surface area contributed by atoms with E-state index in [9.17, 15) is 0 Å². The Morgan fingerprint density at radius 3 is 2.56 bits per heavy atom. The minimum atomic E-state index is 0.432. The van der Waals surface area contributed by atoms with Gasteiger partial charge in [-0.1, -0.05) is 20.8 Å². The fraction of sp³-hybridized carbons (Fsp3) is 0.571. The molecule has 0 aliphatic rings. The van der Waals surface area contributed by atoms with Gasteiger partial charge in [-0.3, -0.25) is 0 Å². The average Bonchev–Trinajstić information content (AvgIpc) is 2.94. The molecule has 0 aromatic carbocycles. The normalized spacial score (nSPS) is 13.2. The van der Waals surface area contributed by atoms with Crippen LogP contribution in [0.25, 0.3) is 0 Å². The van der Waals surface area contributed by atoms with Crippen molar-refractivity contribution >= 4 is 11.3 Å². The summed E-state index contributed by atoms with van der Waals surface area (Å²) in [6, 6.07) is 0. The maximum Gasteiger partial charge on any atom is 0.194 e. The third-order valence-electron chi connectivity index (χ3n) is 3.09. The van der Waals surface area contributed by atoms with Gasteiger partial charge in [0, 0.05) is 11.8 Å². The van der Waals surface area contributed by atoms with Gasteiger partial charge in [-0.2, -0.15) is 0 Å². The Balaban J connectivity index is 1.90. The smallest absolute Gasteiger partial charge is 0.194 e. The largest absolute Gasteiger partial charge is 0.449 e. The highest BCUT2D eigenvalue weighted by Crippen LogP contribution is 2.23. The highest BCUT2D eigenvalue weighted by Gasteiger charge is 2.12. The summed E-state index contributed by atoms with van der Waals surface area (Å²) >= 11 is 1.71. The van der Waals surface area contributed by atoms with Crippen molar-refractivity contribution in [2.24, 2.45) is 0 Å². The van der Waals surface area contributed by atoms with Crippen LogP contribution >= 0.6 is 11.3 Å². The summed E-state index contributed by atoms with van der Waals surface area (Å²) in [5, 5.41) is 3.28. The third-order valence-corrected chi connectivity index (χ3v) is 3.89. The first-order valence-electron chi connectivity index (χ1n) is 6.42. The Hall–Kier alpha value is -1.16. The summed E-state index contributed by atoms with van der Waals surface area (Å²) in [6.07, 6.45) is 3.68. The van der Waals surface area contributed by atoms with E-state index in [0.717, 1.165) is 29.4 Å². The van der Waals surface area contributed by atoms with Crippen molar-refractivity contribution in [1.29, 1.82) is 0 Å². The molecule has 3 nitrogen and oxygen atoms in total. The molecule has 98 valence electrons. The van der Waals surface area contributed by atoms with Crippen molar-refractivity contribution in [2.45, 2.75) is 52.4 Å². The first-order chi connectivity index (χ1) is 8.56. The molecule has 0 saturated carbocycles. The second-order valence-corrected chi connectivity index (χ2v) is 6.11. The molecular weight excluding hydrogens is 244 g/mol. The quantitative estimate of drug-likeness (QED) is 0.808. The van der Waals surface area contributed by atoms with Crippen LogP contribution in [0.2, 0.25) is 0 Å². The van der Waals surface area contributed by atoms with Crippen LogP contribution in [0.5, 0.6) is 0 Å². The number of aryl methyl sites for hydroxylation is 2. The number of thiazole rings is 1. The summed E-state index contributed by atoms with van der Waals surface area (Å²) < 4.78 is 5.49. The highest BCUT2D eigenvalue weighted by atomic mass is 32.1. The van der Waals surface area contributed by atoms with Crippen molar-refractivity contribution < 1.29 is 4.42 Å². The third kappa shape index (κ3) is 3.19. The zero-order valence-corrected chi connectivity index (χ0v) is 12.3. The van der Waals surface area contributed by atoms with E-state index in [1.165, 1.54) is 5.69 Å². The van der Waals surface area contributed by atoms with Gasteiger partial charge in [0.25, 0.3) is 0 Å². The predicted octanol–water partition coefficient (Wildman–Crippen LogP) is 4.30. The van der Waals surface area contributed by atoms with Gasteiger partial charge in [0.15, 0.2) is 5.89 Å². The highest BCUT2D eigenvalue weighted by molar-refractivity contribution is 7.09. The second-order valence-electron chi connectivity index (χ2n) is 5.05. The van der Waals surface area contributed by atoms with Crippen LogP contribution in [-0.4, -0.2) is 9.97 Å². The Morgan fingerprint density at radius 2 is 2.00 bits per heavy atom. The van der Waals surface area contributed by atoms with Crippen LogP contribution in [0.4, 0.5) is 0 Å². The van der Waals surface area contributed by atoms with Crippen molar-refractivity contribution in [2.75, 3.05) is 0 Å². The molecule has 2 aromatic heterocycles. The van der Waals surface area contributed by atoms with Crippen LogP contribution in [0.1, 0.15) is 61.3 Å². The zero-order valence-electron chi connectivity index (χ0n) is 11.4. The Bertz CT molecular complexity index is 501. The molecule has 2 rings (SSSR count). The number of nitrogens with zero attached hydrogens (tertiary/aromatic N) is 2. The lowest BCUT2D eigenvalue weighted by molar-refractivity contribution is 0.475. The van der Waals surface area contributed by atoms with Crippen molar-refractivity contribution in [3.8, 4) is 0 Å². The van der Waals surface area contributed by atoms with Gasteiger partial charge in [0.2, 0.25) is 0 Å². The number of hydrogen-bond acceptors (Lipinski definition) is 4. The first kappa shape index (κ1) is 13.3. The van der Waals surface area contributed by atoms with Gasteiger partial charge in [0.1, 0.15) is 6.26 Å². The van der Waals surface area contributed by atoms with Crippen molar-refractivity contribution in [1.82, 2.24) is 9.97 Å². The fourth-order valence-corrected chi connectivity index (χ4v) is 2.53. The first-order valence-corrected chi connectivity index (χ1v) is 7.30. The minimum Gasteiger partial charge on any atom is -0.449 e. The van der Waals surface area contributed by atoms with Gasteiger partial charge >= 0.3 is 0 Å². The Kier molecular flexibility index (Phi) is 4.17. The van der Waals surface area contributed by atoms with Gasteiger partial charge < -0.3 is 4.42 Å². The van der Waals surface area contributed by atoms with E-state index in [1.807, 2.05) is 6.92 Å². The molecule has 0 N–H and O–H groups in total. The molecule has 0 radical (unpaired) electrons. The molecule has 1 atom stereocenters. The summed E-state index contributed by atoms with van der Waals surface area (Å²) in [7, 11) is 0. The Morgan fingerprint density at radius 1 is 1.22 bits per heavy atom.